The number of guanidine groups is 1. The quantitative estimate of drug-likeness (QED) is 0.354. The van der Waals surface area contributed by atoms with Gasteiger partial charge >= 0.3 is 5.96 Å². The minimum absolute atomic E-state index is 0.295. The molecule has 4 N–H and O–H groups in total. The number of hydrogen-bond donors (Lipinski definition) is 2. The topological polar surface area (TPSA) is 64.3 Å². The average molecular weight is 158 g/mol. The Bertz CT molecular complexity index is 163. The molecule has 2 unspecified atom stereocenters. The SMILES string of the molecule is CC1COCC(C)[N+]1=C(N)N. The molecule has 1 rings (SSSR count). The maximum atomic E-state index is 5.51. The van der Waals surface area contributed by atoms with E-state index in [-0.39, 0.29) is 0 Å². The van der Waals surface area contributed by atoms with Gasteiger partial charge in [-0.3, -0.25) is 16.0 Å². The zero-order valence-corrected chi connectivity index (χ0v) is 7.08. The zero-order valence-electron chi connectivity index (χ0n) is 7.08. The smallest absolute Gasteiger partial charge is 0.341 e. The molecular formula is C7H16N3O+. The zero-order chi connectivity index (χ0) is 8.43. The number of morpholine rings is 1. The van der Waals surface area contributed by atoms with Crippen molar-refractivity contribution in [2.24, 2.45) is 11.5 Å². The molecule has 2 atom stereocenters. The first-order chi connectivity index (χ1) is 5.13. The lowest BCUT2D eigenvalue weighted by Crippen LogP contribution is -2.50. The maximum absolute atomic E-state index is 5.51. The monoisotopic (exact) mass is 158 g/mol. The van der Waals surface area contributed by atoms with Crippen molar-refractivity contribution in [1.29, 1.82) is 0 Å². The predicted molar refractivity (Wildman–Crippen MR) is 43.4 cm³/mol. The Balaban J connectivity index is 2.79. The van der Waals surface area contributed by atoms with Gasteiger partial charge in [-0.25, -0.2) is 0 Å². The molecule has 4 heteroatoms. The Kier molecular flexibility index (Phi) is 2.34. The first-order valence-corrected chi connectivity index (χ1v) is 3.87. The Morgan fingerprint density at radius 1 is 1.27 bits per heavy atom. The van der Waals surface area contributed by atoms with Gasteiger partial charge in [0.05, 0.1) is 25.3 Å². The summed E-state index contributed by atoms with van der Waals surface area (Å²) in [6.45, 7) is 5.52. The molecule has 1 aliphatic rings. The fraction of sp³-hybridized carbons (Fsp3) is 0.857. The van der Waals surface area contributed by atoms with E-state index in [1.54, 1.807) is 0 Å². The summed E-state index contributed by atoms with van der Waals surface area (Å²) in [5.41, 5.74) is 11.0. The van der Waals surface area contributed by atoms with Crippen LogP contribution in [0.25, 0.3) is 0 Å². The third kappa shape index (κ3) is 1.63. The number of hydrogen-bond acceptors (Lipinski definition) is 1. The maximum Gasteiger partial charge on any atom is 0.341 e. The third-order valence-corrected chi connectivity index (χ3v) is 1.97. The summed E-state index contributed by atoms with van der Waals surface area (Å²) >= 11 is 0. The van der Waals surface area contributed by atoms with Gasteiger partial charge < -0.3 is 4.74 Å². The van der Waals surface area contributed by atoms with Crippen LogP contribution in [-0.2, 0) is 4.74 Å². The van der Waals surface area contributed by atoms with Crippen LogP contribution in [0.4, 0.5) is 0 Å². The van der Waals surface area contributed by atoms with Crippen molar-refractivity contribution in [3.8, 4) is 0 Å². The second-order valence-corrected chi connectivity index (χ2v) is 3.07. The number of ether oxygens (including phenoxy) is 1. The van der Waals surface area contributed by atoms with Crippen molar-refractivity contribution in [2.45, 2.75) is 25.9 Å². The first-order valence-electron chi connectivity index (χ1n) is 3.87. The van der Waals surface area contributed by atoms with Gasteiger partial charge in [0.25, 0.3) is 0 Å². The van der Waals surface area contributed by atoms with Gasteiger partial charge in [-0.05, 0) is 13.8 Å². The van der Waals surface area contributed by atoms with Crippen molar-refractivity contribution < 1.29 is 9.31 Å². The van der Waals surface area contributed by atoms with Gasteiger partial charge in [-0.2, -0.15) is 0 Å². The highest BCUT2D eigenvalue weighted by Gasteiger charge is 2.24. The van der Waals surface area contributed by atoms with Crippen LogP contribution >= 0.6 is 0 Å². The van der Waals surface area contributed by atoms with Gasteiger partial charge in [0.15, 0.2) is 0 Å². The second kappa shape index (κ2) is 3.09. The van der Waals surface area contributed by atoms with Crippen LogP contribution in [0.3, 0.4) is 0 Å². The van der Waals surface area contributed by atoms with Crippen molar-refractivity contribution in [3.63, 3.8) is 0 Å². The van der Waals surface area contributed by atoms with Crippen LogP contribution in [0.1, 0.15) is 13.8 Å². The summed E-state index contributed by atoms with van der Waals surface area (Å²) in [6.07, 6.45) is 0. The summed E-state index contributed by atoms with van der Waals surface area (Å²) in [6, 6.07) is 0.590. The Morgan fingerprint density at radius 2 is 1.73 bits per heavy atom. The third-order valence-electron chi connectivity index (χ3n) is 1.97. The molecular weight excluding hydrogens is 142 g/mol. The van der Waals surface area contributed by atoms with Crippen molar-refractivity contribution in [1.82, 2.24) is 0 Å². The van der Waals surface area contributed by atoms with Gasteiger partial charge in [0, 0.05) is 0 Å². The van der Waals surface area contributed by atoms with Crippen LogP contribution in [-0.4, -0.2) is 35.8 Å². The molecule has 0 bridgehead atoms. The van der Waals surface area contributed by atoms with Gasteiger partial charge in [-0.15, -0.1) is 0 Å². The molecule has 0 aromatic carbocycles. The van der Waals surface area contributed by atoms with Gasteiger partial charge in [-0.1, -0.05) is 0 Å². The molecule has 0 aliphatic carbocycles. The Hall–Kier alpha value is -0.770. The molecule has 0 aromatic rings. The predicted octanol–water partition coefficient (Wildman–Crippen LogP) is -0.920. The lowest BCUT2D eigenvalue weighted by molar-refractivity contribution is -0.617. The van der Waals surface area contributed by atoms with Crippen LogP contribution in [0.2, 0.25) is 0 Å². The van der Waals surface area contributed by atoms with Crippen molar-refractivity contribution in [2.75, 3.05) is 13.2 Å². The van der Waals surface area contributed by atoms with Crippen LogP contribution < -0.4 is 11.5 Å². The van der Waals surface area contributed by atoms with Gasteiger partial charge in [0.2, 0.25) is 0 Å². The molecule has 11 heavy (non-hydrogen) atoms. The summed E-state index contributed by atoms with van der Waals surface area (Å²) < 4.78 is 7.30. The minimum Gasteiger partial charge on any atom is -0.374 e. The molecule has 0 aromatic heterocycles. The van der Waals surface area contributed by atoms with E-state index in [1.165, 1.54) is 0 Å². The largest absolute Gasteiger partial charge is 0.374 e. The van der Waals surface area contributed by atoms with E-state index in [0.29, 0.717) is 31.3 Å². The molecule has 1 fully saturated rings. The summed E-state index contributed by atoms with van der Waals surface area (Å²) in [4.78, 5) is 0. The van der Waals surface area contributed by atoms with E-state index in [9.17, 15) is 0 Å². The van der Waals surface area contributed by atoms with E-state index in [1.807, 2.05) is 4.58 Å². The molecule has 4 nitrogen and oxygen atoms in total. The van der Waals surface area contributed by atoms with E-state index in [0.717, 1.165) is 0 Å². The van der Waals surface area contributed by atoms with E-state index in [2.05, 4.69) is 13.8 Å². The second-order valence-electron chi connectivity index (χ2n) is 3.07. The lowest BCUT2D eigenvalue weighted by Gasteiger charge is -2.28. The lowest BCUT2D eigenvalue weighted by atomic mass is 10.2. The Morgan fingerprint density at radius 3 is 2.00 bits per heavy atom. The first kappa shape index (κ1) is 8.33. The summed E-state index contributed by atoms with van der Waals surface area (Å²) in [5, 5.41) is 0. The van der Waals surface area contributed by atoms with E-state index >= 15 is 0 Å². The highest BCUT2D eigenvalue weighted by Crippen LogP contribution is 2.05. The fourth-order valence-corrected chi connectivity index (χ4v) is 1.51. The fourth-order valence-electron chi connectivity index (χ4n) is 1.51. The molecule has 1 aliphatic heterocycles. The number of nitrogens with two attached hydrogens (primary N) is 2. The van der Waals surface area contributed by atoms with Crippen molar-refractivity contribution >= 4 is 5.96 Å². The highest BCUT2D eigenvalue weighted by atomic mass is 16.5. The van der Waals surface area contributed by atoms with Crippen LogP contribution in [0, 0.1) is 0 Å². The van der Waals surface area contributed by atoms with E-state index in [4.69, 9.17) is 16.2 Å². The van der Waals surface area contributed by atoms with Crippen molar-refractivity contribution in [3.05, 3.63) is 0 Å². The molecule has 1 saturated heterocycles. The normalized spacial score (nSPS) is 32.0. The molecule has 1 heterocycles. The summed E-state index contributed by atoms with van der Waals surface area (Å²) in [7, 11) is 0. The highest BCUT2D eigenvalue weighted by molar-refractivity contribution is 5.70. The van der Waals surface area contributed by atoms with Crippen LogP contribution in [0.5, 0.6) is 0 Å². The molecule has 0 spiro atoms. The standard InChI is InChI=1S/C7H15N3O/c1-5-3-11-4-6(2)10(5)7(8)9/h5-6H,3-4H2,1-2H3,(H3,8,9)/p+1. The van der Waals surface area contributed by atoms with Gasteiger partial charge in [0.1, 0.15) is 0 Å². The average Bonchev–Trinajstić information content (AvgIpc) is 1.85. The molecule has 64 valence electrons. The number of nitrogens with zero attached hydrogens (tertiary/aromatic N) is 1. The molecule has 0 radical (unpaired) electrons. The minimum atomic E-state index is 0.295. The molecule has 0 amide bonds. The molecule has 0 saturated carbocycles. The van der Waals surface area contributed by atoms with E-state index < -0.39 is 0 Å². The Labute approximate surface area is 66.8 Å². The number of rotatable bonds is 0. The summed E-state index contributed by atoms with van der Waals surface area (Å²) in [5.74, 6) is 0.397. The van der Waals surface area contributed by atoms with Crippen LogP contribution in [0.15, 0.2) is 0 Å².